The molecule has 0 radical (unpaired) electrons. The Morgan fingerprint density at radius 2 is 1.91 bits per heavy atom. The van der Waals surface area contributed by atoms with Crippen molar-refractivity contribution in [2.45, 2.75) is 19.8 Å². The van der Waals surface area contributed by atoms with Gasteiger partial charge in [0.2, 0.25) is 5.69 Å². The molecule has 0 fully saturated rings. The topological polar surface area (TPSA) is 121 Å². The van der Waals surface area contributed by atoms with E-state index in [2.05, 4.69) is 16.9 Å². The molecular weight excluding hydrogens is 481 g/mol. The largest absolute Gasteiger partial charge is 0.454 e. The molecule has 176 valence electrons. The minimum absolute atomic E-state index is 0.0737. The molecule has 1 heterocycles. The van der Waals surface area contributed by atoms with Gasteiger partial charge in [-0.3, -0.25) is 14.6 Å². The van der Waals surface area contributed by atoms with Crippen molar-refractivity contribution in [3.05, 3.63) is 78.0 Å². The highest BCUT2D eigenvalue weighted by atomic mass is 35.5. The van der Waals surface area contributed by atoms with Crippen LogP contribution in [0, 0.1) is 11.3 Å². The van der Waals surface area contributed by atoms with Crippen LogP contribution in [-0.2, 0) is 6.42 Å². The van der Waals surface area contributed by atoms with Gasteiger partial charge in [0.25, 0.3) is 5.56 Å². The van der Waals surface area contributed by atoms with E-state index in [0.29, 0.717) is 17.7 Å². The average molecular weight is 502 g/mol. The number of hydrogen-bond donors (Lipinski definition) is 1. The monoisotopic (exact) mass is 501 g/mol. The summed E-state index contributed by atoms with van der Waals surface area (Å²) in [7, 11) is 2.02. The van der Waals surface area contributed by atoms with Gasteiger partial charge in [-0.2, -0.15) is 9.94 Å². The lowest BCUT2D eigenvalue weighted by Gasteiger charge is -2.17. The highest BCUT2D eigenvalue weighted by Crippen LogP contribution is 2.38. The highest BCUT2D eigenvalue weighted by molar-refractivity contribution is 6.37. The van der Waals surface area contributed by atoms with Crippen LogP contribution in [0.25, 0.3) is 5.69 Å². The zero-order valence-corrected chi connectivity index (χ0v) is 20.0. The third-order valence-electron chi connectivity index (χ3n) is 4.99. The van der Waals surface area contributed by atoms with E-state index in [1.165, 1.54) is 12.1 Å². The predicted molar refractivity (Wildman–Crippen MR) is 129 cm³/mol. The summed E-state index contributed by atoms with van der Waals surface area (Å²) in [6, 6.07) is 9.42. The first-order chi connectivity index (χ1) is 16.3. The second kappa shape index (κ2) is 11.1. The Bertz CT molecular complexity index is 1350. The summed E-state index contributed by atoms with van der Waals surface area (Å²) in [4.78, 5) is 39.4. The molecule has 0 bridgehead atoms. The van der Waals surface area contributed by atoms with Crippen molar-refractivity contribution < 1.29 is 9.53 Å². The van der Waals surface area contributed by atoms with Gasteiger partial charge in [-0.1, -0.05) is 30.1 Å². The predicted octanol–water partition coefficient (Wildman–Crippen LogP) is 3.59. The number of rotatable bonds is 9. The maximum Gasteiger partial charge on any atom is 0.349 e. The molecule has 2 aromatic carbocycles. The maximum atomic E-state index is 12.1. The number of nitriles is 1. The molecule has 0 aliphatic heterocycles. The summed E-state index contributed by atoms with van der Waals surface area (Å²) in [5, 5.41) is 12.9. The minimum atomic E-state index is -0.892. The average Bonchev–Trinajstić information content (AvgIpc) is 2.80. The molecule has 0 unspecified atom stereocenters. The summed E-state index contributed by atoms with van der Waals surface area (Å²) in [6.07, 6.45) is 2.49. The number of nitrogens with zero attached hydrogens (tertiary/aromatic N) is 4. The molecule has 0 aliphatic carbocycles. The fourth-order valence-electron chi connectivity index (χ4n) is 3.31. The fraction of sp³-hybridized carbons (Fsp3) is 0.261. The van der Waals surface area contributed by atoms with E-state index in [9.17, 15) is 14.4 Å². The lowest BCUT2D eigenvalue weighted by molar-refractivity contribution is 0.112. The molecule has 0 amide bonds. The number of aldehydes is 1. The highest BCUT2D eigenvalue weighted by Gasteiger charge is 2.16. The van der Waals surface area contributed by atoms with E-state index in [1.54, 1.807) is 24.3 Å². The molecule has 3 rings (SSSR count). The van der Waals surface area contributed by atoms with Gasteiger partial charge in [0, 0.05) is 12.1 Å². The molecule has 0 saturated carbocycles. The second-order valence-corrected chi connectivity index (χ2v) is 8.32. The Morgan fingerprint density at radius 3 is 2.53 bits per heavy atom. The van der Waals surface area contributed by atoms with Crippen LogP contribution < -0.4 is 16.0 Å². The number of carbonyl (C=O) groups excluding carboxylic acids is 1. The van der Waals surface area contributed by atoms with E-state index < -0.39 is 16.9 Å². The van der Waals surface area contributed by atoms with Crippen LogP contribution in [0.5, 0.6) is 11.5 Å². The summed E-state index contributed by atoms with van der Waals surface area (Å²) >= 11 is 12.8. The maximum absolute atomic E-state index is 12.1. The number of benzene rings is 2. The molecule has 11 heteroatoms. The third-order valence-corrected chi connectivity index (χ3v) is 5.55. The first kappa shape index (κ1) is 25.2. The first-order valence-electron chi connectivity index (χ1n) is 10.3. The van der Waals surface area contributed by atoms with E-state index >= 15 is 0 Å². The third kappa shape index (κ3) is 5.72. The minimum Gasteiger partial charge on any atom is -0.454 e. The SMILES string of the molecule is CCCN(C)CCc1cc(Oc2c(Cl)cc(-n3nc(C#N)c(=O)[nH]c3=O)cc2Cl)ccc1C=O. The van der Waals surface area contributed by atoms with Gasteiger partial charge in [0.15, 0.2) is 5.75 Å². The zero-order valence-electron chi connectivity index (χ0n) is 18.5. The number of likely N-dealkylation sites (N-methyl/N-ethyl adjacent to an activating group) is 1. The Labute approximate surface area is 205 Å². The Hall–Kier alpha value is -3.45. The molecule has 3 aromatic rings. The molecule has 0 saturated heterocycles. The number of H-pyrrole nitrogens is 1. The van der Waals surface area contributed by atoms with Gasteiger partial charge >= 0.3 is 5.69 Å². The van der Waals surface area contributed by atoms with Crippen LogP contribution in [0.2, 0.25) is 10.0 Å². The number of aromatic nitrogens is 3. The van der Waals surface area contributed by atoms with Gasteiger partial charge in [0.1, 0.15) is 18.1 Å². The lowest BCUT2D eigenvalue weighted by Crippen LogP contribution is -2.33. The van der Waals surface area contributed by atoms with E-state index in [4.69, 9.17) is 33.2 Å². The van der Waals surface area contributed by atoms with Crippen molar-refractivity contribution in [3.63, 3.8) is 0 Å². The standard InChI is InChI=1S/C23H21Cl2N5O4/c1-3-7-29(2)8-6-14-9-17(5-4-15(14)13-31)34-21-18(24)10-16(11-19(21)25)30-23(33)27-22(32)20(12-26)28-30/h4-5,9-11,13H,3,6-8H2,1-2H3,(H,27,32,33). The summed E-state index contributed by atoms with van der Waals surface area (Å²) in [5.74, 6) is 0.569. The van der Waals surface area contributed by atoms with Crippen molar-refractivity contribution in [3.8, 4) is 23.3 Å². The summed E-state index contributed by atoms with van der Waals surface area (Å²) in [6.45, 7) is 3.83. The lowest BCUT2D eigenvalue weighted by atomic mass is 10.0. The van der Waals surface area contributed by atoms with Gasteiger partial charge in [-0.15, -0.1) is 5.10 Å². The van der Waals surface area contributed by atoms with E-state index in [0.717, 1.165) is 36.0 Å². The molecule has 0 aliphatic rings. The van der Waals surface area contributed by atoms with Crippen LogP contribution >= 0.6 is 23.2 Å². The van der Waals surface area contributed by atoms with Crippen molar-refractivity contribution >= 4 is 29.5 Å². The molecule has 9 nitrogen and oxygen atoms in total. The van der Waals surface area contributed by atoms with Gasteiger partial charge in [-0.25, -0.2) is 4.79 Å². The van der Waals surface area contributed by atoms with Crippen LogP contribution in [-0.4, -0.2) is 46.1 Å². The molecule has 1 aromatic heterocycles. The van der Waals surface area contributed by atoms with Gasteiger partial charge < -0.3 is 9.64 Å². The normalized spacial score (nSPS) is 10.8. The van der Waals surface area contributed by atoms with Gasteiger partial charge in [-0.05, 0) is 62.3 Å². The molecular formula is C23H21Cl2N5O4. The fourth-order valence-corrected chi connectivity index (χ4v) is 3.87. The number of aromatic amines is 1. The Kier molecular flexibility index (Phi) is 8.23. The van der Waals surface area contributed by atoms with Crippen LogP contribution in [0.15, 0.2) is 39.9 Å². The summed E-state index contributed by atoms with van der Waals surface area (Å²) in [5.41, 5.74) is -0.701. The van der Waals surface area contributed by atoms with E-state index in [-0.39, 0.29) is 21.5 Å². The molecule has 1 N–H and O–H groups in total. The molecule has 34 heavy (non-hydrogen) atoms. The van der Waals surface area contributed by atoms with Crippen molar-refractivity contribution in [1.82, 2.24) is 19.7 Å². The number of ether oxygens (including phenoxy) is 1. The van der Waals surface area contributed by atoms with Crippen molar-refractivity contribution in [2.75, 3.05) is 20.1 Å². The number of carbonyl (C=O) groups is 1. The van der Waals surface area contributed by atoms with Crippen LogP contribution in [0.1, 0.15) is 35.0 Å². The van der Waals surface area contributed by atoms with Crippen LogP contribution in [0.3, 0.4) is 0 Å². The van der Waals surface area contributed by atoms with Gasteiger partial charge in [0.05, 0.1) is 15.7 Å². The number of nitrogens with one attached hydrogen (secondary N) is 1. The Morgan fingerprint density at radius 1 is 1.21 bits per heavy atom. The van der Waals surface area contributed by atoms with E-state index in [1.807, 2.05) is 12.0 Å². The summed E-state index contributed by atoms with van der Waals surface area (Å²) < 4.78 is 6.72. The Balaban J connectivity index is 1.92. The number of halogens is 2. The number of hydrogen-bond acceptors (Lipinski definition) is 7. The smallest absolute Gasteiger partial charge is 0.349 e. The van der Waals surface area contributed by atoms with Crippen LogP contribution in [0.4, 0.5) is 0 Å². The molecule has 0 spiro atoms. The molecule has 0 atom stereocenters. The van der Waals surface area contributed by atoms with Crippen molar-refractivity contribution in [1.29, 1.82) is 5.26 Å². The quantitative estimate of drug-likeness (QED) is 0.444. The zero-order chi connectivity index (χ0) is 24.8. The van der Waals surface area contributed by atoms with Crippen molar-refractivity contribution in [2.24, 2.45) is 0 Å². The second-order valence-electron chi connectivity index (χ2n) is 7.50. The first-order valence-corrected chi connectivity index (χ1v) is 11.1.